The van der Waals surface area contributed by atoms with Gasteiger partial charge in [-0.15, -0.1) is 0 Å². The van der Waals surface area contributed by atoms with Gasteiger partial charge in [0.15, 0.2) is 0 Å². The van der Waals surface area contributed by atoms with Crippen LogP contribution < -0.4 is 10.8 Å². The van der Waals surface area contributed by atoms with Crippen LogP contribution in [0.25, 0.3) is 0 Å². The third-order valence-electron chi connectivity index (χ3n) is 2.14. The lowest BCUT2D eigenvalue weighted by Gasteiger charge is -2.10. The van der Waals surface area contributed by atoms with Crippen molar-refractivity contribution in [2.24, 2.45) is 5.73 Å². The molecule has 0 aromatic heterocycles. The zero-order valence-corrected chi connectivity index (χ0v) is 13.0. The molecule has 2 N–H and O–H groups in total. The highest BCUT2D eigenvalue weighted by Crippen LogP contribution is 1.90. The molecule has 0 aliphatic rings. The lowest BCUT2D eigenvalue weighted by atomic mass is 10.3. The van der Waals surface area contributed by atoms with E-state index >= 15 is 0 Å². The molecule has 0 unspecified atom stereocenters. The van der Waals surface area contributed by atoms with Crippen molar-refractivity contribution in [3.63, 3.8) is 0 Å². The van der Waals surface area contributed by atoms with Crippen molar-refractivity contribution in [1.29, 1.82) is 0 Å². The SMILES string of the molecule is CN(C)C(N)=[N+](C)C.CN(C)CCCCOC(=O)[O-]. The molecule has 0 bridgehead atoms. The Morgan fingerprint density at radius 2 is 1.74 bits per heavy atom. The molecule has 19 heavy (non-hydrogen) atoms. The number of nitrogens with two attached hydrogens (primary N) is 1. The Balaban J connectivity index is 0. The van der Waals surface area contributed by atoms with E-state index in [-0.39, 0.29) is 6.61 Å². The second-order valence-corrected chi connectivity index (χ2v) is 4.76. The van der Waals surface area contributed by atoms with Crippen LogP contribution in [0.3, 0.4) is 0 Å². The van der Waals surface area contributed by atoms with Crippen molar-refractivity contribution in [1.82, 2.24) is 9.80 Å². The van der Waals surface area contributed by atoms with Gasteiger partial charge in [0.25, 0.3) is 6.16 Å². The number of carbonyl (C=O) groups excluding carboxylic acids is 1. The molecule has 0 rings (SSSR count). The largest absolute Gasteiger partial charge is 0.550 e. The molecular weight excluding hydrogens is 248 g/mol. The Kier molecular flexibility index (Phi) is 12.1. The summed E-state index contributed by atoms with van der Waals surface area (Å²) in [6.07, 6.45) is 0.266. The summed E-state index contributed by atoms with van der Waals surface area (Å²) in [6.45, 7) is 1.20. The van der Waals surface area contributed by atoms with E-state index in [0.29, 0.717) is 0 Å². The molecule has 0 aliphatic heterocycles. The summed E-state index contributed by atoms with van der Waals surface area (Å²) in [4.78, 5) is 13.7. The van der Waals surface area contributed by atoms with Gasteiger partial charge in [-0.25, -0.2) is 0 Å². The topological polar surface area (TPSA) is 84.9 Å². The monoisotopic (exact) mass is 276 g/mol. The Labute approximate surface area is 116 Å². The van der Waals surface area contributed by atoms with E-state index in [4.69, 9.17) is 5.73 Å². The summed E-state index contributed by atoms with van der Waals surface area (Å²) in [6, 6.07) is 0. The van der Waals surface area contributed by atoms with Gasteiger partial charge in [0.05, 0.1) is 28.2 Å². The second-order valence-electron chi connectivity index (χ2n) is 4.76. The molecule has 0 aliphatic carbocycles. The van der Waals surface area contributed by atoms with E-state index < -0.39 is 6.16 Å². The Hall–Kier alpha value is -1.50. The highest BCUT2D eigenvalue weighted by Gasteiger charge is 2.00. The molecule has 0 atom stereocenters. The van der Waals surface area contributed by atoms with Crippen molar-refractivity contribution in [3.8, 4) is 0 Å². The van der Waals surface area contributed by atoms with Crippen LogP contribution >= 0.6 is 0 Å². The van der Waals surface area contributed by atoms with Crippen molar-refractivity contribution in [3.05, 3.63) is 0 Å². The van der Waals surface area contributed by atoms with Crippen molar-refractivity contribution < 1.29 is 19.2 Å². The molecule has 0 amide bonds. The molecule has 0 radical (unpaired) electrons. The van der Waals surface area contributed by atoms with E-state index in [1.54, 1.807) is 0 Å². The van der Waals surface area contributed by atoms with Crippen LogP contribution in [0.4, 0.5) is 4.79 Å². The minimum absolute atomic E-state index is 0.246. The van der Waals surface area contributed by atoms with Gasteiger partial charge in [0.2, 0.25) is 0 Å². The maximum absolute atomic E-state index is 9.75. The van der Waals surface area contributed by atoms with Crippen molar-refractivity contribution >= 4 is 12.1 Å². The smallest absolute Gasteiger partial charge is 0.344 e. The van der Waals surface area contributed by atoms with Crippen LogP contribution in [0.2, 0.25) is 0 Å². The van der Waals surface area contributed by atoms with Crippen molar-refractivity contribution in [2.75, 3.05) is 55.4 Å². The van der Waals surface area contributed by atoms with Gasteiger partial charge in [-0.3, -0.25) is 15.2 Å². The van der Waals surface area contributed by atoms with Gasteiger partial charge >= 0.3 is 5.96 Å². The van der Waals surface area contributed by atoms with E-state index in [2.05, 4.69) is 4.74 Å². The number of hydrogen-bond donors (Lipinski definition) is 1. The zero-order chi connectivity index (χ0) is 15.4. The molecule has 0 heterocycles. The van der Waals surface area contributed by atoms with Gasteiger partial charge in [-0.05, 0) is 33.5 Å². The van der Waals surface area contributed by atoms with Crippen LogP contribution in [0.15, 0.2) is 0 Å². The van der Waals surface area contributed by atoms with Gasteiger partial charge in [0, 0.05) is 6.61 Å². The van der Waals surface area contributed by atoms with Gasteiger partial charge in [-0.2, -0.15) is 0 Å². The van der Waals surface area contributed by atoms with E-state index in [1.165, 1.54) is 0 Å². The minimum Gasteiger partial charge on any atom is -0.550 e. The number of ether oxygens (including phenoxy) is 1. The first kappa shape index (κ1) is 19.8. The summed E-state index contributed by atoms with van der Waals surface area (Å²) < 4.78 is 6.07. The van der Waals surface area contributed by atoms with Gasteiger partial charge in [0.1, 0.15) is 0 Å². The van der Waals surface area contributed by atoms with Crippen LogP contribution in [-0.4, -0.2) is 81.9 Å². The Bertz CT molecular complexity index is 274. The number of carboxylic acid groups (broad SMARTS) is 1. The fraction of sp³-hybridized carbons (Fsp3) is 0.833. The predicted octanol–water partition coefficient (Wildman–Crippen LogP) is -1.18. The minimum atomic E-state index is -1.44. The summed E-state index contributed by atoms with van der Waals surface area (Å²) >= 11 is 0. The number of carbonyl (C=O) groups is 1. The summed E-state index contributed by atoms with van der Waals surface area (Å²) in [5.74, 6) is 0.769. The number of guanidine groups is 1. The number of unbranched alkanes of at least 4 members (excludes halogenated alkanes) is 1. The van der Waals surface area contributed by atoms with E-state index in [9.17, 15) is 9.90 Å². The summed E-state index contributed by atoms with van der Waals surface area (Å²) in [5.41, 5.74) is 5.53. The Morgan fingerprint density at radius 3 is 2.00 bits per heavy atom. The molecule has 7 nitrogen and oxygen atoms in total. The lowest BCUT2D eigenvalue weighted by Crippen LogP contribution is -2.36. The molecule has 0 aromatic rings. The van der Waals surface area contributed by atoms with E-state index in [0.717, 1.165) is 25.3 Å². The van der Waals surface area contributed by atoms with Gasteiger partial charge in [-0.1, -0.05) is 0 Å². The van der Waals surface area contributed by atoms with Crippen LogP contribution in [0.5, 0.6) is 0 Å². The molecule has 0 saturated carbocycles. The summed E-state index contributed by atoms with van der Waals surface area (Å²) in [5, 5.41) is 9.75. The Morgan fingerprint density at radius 1 is 1.21 bits per heavy atom. The highest BCUT2D eigenvalue weighted by atomic mass is 16.7. The standard InChI is InChI=1S/C7H15NO3.C5H13N3/c1-8(2)5-3-4-6-11-7(9)10;1-7(2)5(6)8(3)4/h3-6H2,1-2H3,(H,9,10);6H,1-4H3. The highest BCUT2D eigenvalue weighted by molar-refractivity contribution is 5.72. The third kappa shape index (κ3) is 16.5. The zero-order valence-electron chi connectivity index (χ0n) is 13.0. The molecule has 0 spiro atoms. The van der Waals surface area contributed by atoms with Crippen LogP contribution in [0, 0.1) is 0 Å². The third-order valence-corrected chi connectivity index (χ3v) is 2.14. The fourth-order valence-electron chi connectivity index (χ4n) is 1.09. The van der Waals surface area contributed by atoms with Crippen LogP contribution in [-0.2, 0) is 4.74 Å². The van der Waals surface area contributed by atoms with Crippen molar-refractivity contribution in [2.45, 2.75) is 12.8 Å². The number of rotatable bonds is 5. The molecule has 0 fully saturated rings. The quantitative estimate of drug-likeness (QED) is 0.224. The number of nitrogens with zero attached hydrogens (tertiary/aromatic N) is 3. The van der Waals surface area contributed by atoms with Crippen LogP contribution in [0.1, 0.15) is 12.8 Å². The lowest BCUT2D eigenvalue weighted by molar-refractivity contribution is -0.470. The molecule has 114 valence electrons. The first-order valence-electron chi connectivity index (χ1n) is 6.14. The first-order valence-corrected chi connectivity index (χ1v) is 6.14. The maximum atomic E-state index is 9.75. The predicted molar refractivity (Wildman–Crippen MR) is 74.1 cm³/mol. The molecular formula is C12H28N4O3. The summed E-state index contributed by atoms with van der Waals surface area (Å²) in [7, 11) is 11.6. The first-order chi connectivity index (χ1) is 8.68. The normalized spacial score (nSPS) is 9.42. The van der Waals surface area contributed by atoms with Gasteiger partial charge < -0.3 is 19.5 Å². The van der Waals surface area contributed by atoms with E-state index in [1.807, 2.05) is 56.7 Å². The molecule has 0 saturated heterocycles. The maximum Gasteiger partial charge on any atom is 0.344 e. The number of hydrogen-bond acceptors (Lipinski definition) is 4. The fourth-order valence-corrected chi connectivity index (χ4v) is 1.09. The second kappa shape index (κ2) is 11.6. The molecule has 0 aromatic carbocycles. The average Bonchev–Trinajstić information content (AvgIpc) is 2.27. The average molecular weight is 276 g/mol. The molecule has 7 heteroatoms.